The maximum Gasteiger partial charge on any atom is 1.00 e. The zero-order chi connectivity index (χ0) is 17.9. The van der Waals surface area contributed by atoms with E-state index in [1.807, 2.05) is 32.7 Å². The zero-order valence-electron chi connectivity index (χ0n) is 15.5. The number of likely N-dealkylation sites (N-methyl/N-ethyl adjacent to an activating group) is 1. The molecular weight excluding hydrogens is 319 g/mol. The summed E-state index contributed by atoms with van der Waals surface area (Å²) in [4.78, 5) is 34.1. The number of piperidine rings is 1. The largest absolute Gasteiger partial charge is 1.00 e. The molecule has 1 amide bonds. The van der Waals surface area contributed by atoms with Crippen LogP contribution in [0.5, 0.6) is 0 Å². The van der Waals surface area contributed by atoms with Gasteiger partial charge in [0.1, 0.15) is 11.6 Å². The van der Waals surface area contributed by atoms with Crippen LogP contribution in [0, 0.1) is 0 Å². The van der Waals surface area contributed by atoms with E-state index in [1.54, 1.807) is 4.90 Å². The molecule has 0 N–H and O–H groups in total. The van der Waals surface area contributed by atoms with Crippen molar-refractivity contribution in [2.24, 2.45) is 0 Å². The Kier molecular flexibility index (Phi) is 7.26. The number of carbonyl (C=O) groups excluding carboxylic acids is 2. The Balaban J connectivity index is 0.00000312. The first-order valence-electron chi connectivity index (χ1n) is 7.91. The van der Waals surface area contributed by atoms with Gasteiger partial charge in [0.25, 0.3) is 0 Å². The number of amides is 1. The van der Waals surface area contributed by atoms with Crippen molar-refractivity contribution in [3.05, 3.63) is 18.2 Å². The van der Waals surface area contributed by atoms with Crippen molar-refractivity contribution in [1.82, 2.24) is 14.9 Å². The van der Waals surface area contributed by atoms with Gasteiger partial charge >= 0.3 is 25.0 Å². The zero-order valence-corrected chi connectivity index (χ0v) is 15.5. The van der Waals surface area contributed by atoms with Gasteiger partial charge in [-0.2, -0.15) is 0 Å². The summed E-state index contributed by atoms with van der Waals surface area (Å²) >= 11 is 0. The van der Waals surface area contributed by atoms with Gasteiger partial charge in [0, 0.05) is 26.2 Å². The van der Waals surface area contributed by atoms with E-state index >= 15 is 0 Å². The molecular formula is C16H23LiN4O4. The van der Waals surface area contributed by atoms with E-state index in [-0.39, 0.29) is 36.8 Å². The third kappa shape index (κ3) is 5.90. The summed E-state index contributed by atoms with van der Waals surface area (Å²) in [6.45, 7) is 6.73. The van der Waals surface area contributed by atoms with Crippen LogP contribution in [-0.4, -0.2) is 58.7 Å². The molecule has 1 aliphatic heterocycles. The van der Waals surface area contributed by atoms with Crippen molar-refractivity contribution in [3.8, 4) is 0 Å². The van der Waals surface area contributed by atoms with E-state index in [2.05, 4.69) is 9.97 Å². The fraction of sp³-hybridized carbons (Fsp3) is 0.625. The molecule has 25 heavy (non-hydrogen) atoms. The molecule has 1 aromatic heterocycles. The molecule has 1 atom stereocenters. The van der Waals surface area contributed by atoms with Crippen LogP contribution >= 0.6 is 0 Å². The van der Waals surface area contributed by atoms with E-state index in [4.69, 9.17) is 4.74 Å². The van der Waals surface area contributed by atoms with E-state index < -0.39 is 11.6 Å². The van der Waals surface area contributed by atoms with E-state index in [1.165, 1.54) is 12.4 Å². The normalized spacial score (nSPS) is 17.4. The minimum atomic E-state index is -1.40. The van der Waals surface area contributed by atoms with Crippen LogP contribution in [0.2, 0.25) is 0 Å². The van der Waals surface area contributed by atoms with Gasteiger partial charge in [-0.25, -0.2) is 14.8 Å². The molecule has 2 rings (SSSR count). The van der Waals surface area contributed by atoms with Crippen LogP contribution in [0.4, 0.5) is 10.5 Å². The molecule has 0 spiro atoms. The van der Waals surface area contributed by atoms with Crippen molar-refractivity contribution in [2.45, 2.75) is 45.3 Å². The minimum Gasteiger partial charge on any atom is -0.542 e. The topological polar surface area (TPSA) is 98.7 Å². The molecule has 8 nitrogen and oxygen atoms in total. The quantitative estimate of drug-likeness (QED) is 0.569. The first kappa shape index (κ1) is 21.3. The molecule has 1 unspecified atom stereocenters. The Morgan fingerprint density at radius 3 is 2.44 bits per heavy atom. The van der Waals surface area contributed by atoms with Gasteiger partial charge < -0.3 is 24.4 Å². The summed E-state index contributed by atoms with van der Waals surface area (Å²) in [5.74, 6) is -1.75. The van der Waals surface area contributed by atoms with Crippen molar-refractivity contribution in [2.75, 3.05) is 25.0 Å². The fourth-order valence-electron chi connectivity index (χ4n) is 2.58. The monoisotopic (exact) mass is 342 g/mol. The predicted octanol–water partition coefficient (Wildman–Crippen LogP) is -2.32. The van der Waals surface area contributed by atoms with Gasteiger partial charge in [-0.3, -0.25) is 0 Å². The molecule has 9 heteroatoms. The molecule has 1 saturated heterocycles. The average molecular weight is 342 g/mol. The van der Waals surface area contributed by atoms with Crippen molar-refractivity contribution >= 4 is 17.7 Å². The fourth-order valence-corrected chi connectivity index (χ4v) is 2.58. The van der Waals surface area contributed by atoms with Gasteiger partial charge in [0.05, 0.1) is 18.1 Å². The van der Waals surface area contributed by atoms with Crippen LogP contribution in [0.25, 0.3) is 0 Å². The Morgan fingerprint density at radius 1 is 1.32 bits per heavy atom. The summed E-state index contributed by atoms with van der Waals surface area (Å²) in [5, 5.41) is 10.7. The average Bonchev–Trinajstić information content (AvgIpc) is 2.53. The summed E-state index contributed by atoms with van der Waals surface area (Å²) in [7, 11) is 1.88. The van der Waals surface area contributed by atoms with Crippen LogP contribution in [-0.2, 0) is 4.74 Å². The van der Waals surface area contributed by atoms with E-state index in [9.17, 15) is 14.7 Å². The smallest absolute Gasteiger partial charge is 0.542 e. The minimum absolute atomic E-state index is 0. The Hall–Kier alpha value is -1.78. The molecule has 1 fully saturated rings. The van der Waals surface area contributed by atoms with Gasteiger partial charge in [0.2, 0.25) is 0 Å². The number of carbonyl (C=O) groups is 2. The molecule has 0 saturated carbocycles. The third-order valence-electron chi connectivity index (χ3n) is 3.82. The number of carboxylic acids is 1. The van der Waals surface area contributed by atoms with Crippen LogP contribution in [0.3, 0.4) is 0 Å². The van der Waals surface area contributed by atoms with Crippen molar-refractivity contribution in [1.29, 1.82) is 0 Å². The number of aromatic carboxylic acids is 1. The van der Waals surface area contributed by atoms with Crippen LogP contribution in [0.15, 0.2) is 12.4 Å². The Morgan fingerprint density at radius 2 is 1.92 bits per heavy atom. The van der Waals surface area contributed by atoms with Gasteiger partial charge in [-0.15, -0.1) is 0 Å². The Labute approximate surface area is 159 Å². The van der Waals surface area contributed by atoms with Crippen molar-refractivity contribution in [3.63, 3.8) is 0 Å². The number of hydrogen-bond donors (Lipinski definition) is 0. The SMILES string of the molecule is CN(c1cnc(C(=O)[O-])nc1)C1CCCN(C(=O)OC(C)(C)C)C1.[Li+]. The number of carboxylic acid groups (broad SMARTS) is 1. The number of rotatable bonds is 3. The molecule has 0 bridgehead atoms. The predicted molar refractivity (Wildman–Crippen MR) is 85.6 cm³/mol. The van der Waals surface area contributed by atoms with E-state index in [0.717, 1.165) is 12.8 Å². The second kappa shape index (κ2) is 8.54. The van der Waals surface area contributed by atoms with Crippen LogP contribution in [0.1, 0.15) is 44.2 Å². The van der Waals surface area contributed by atoms with E-state index in [0.29, 0.717) is 18.8 Å². The first-order valence-corrected chi connectivity index (χ1v) is 7.91. The molecule has 0 aromatic carbocycles. The number of ether oxygens (including phenoxy) is 1. The summed E-state index contributed by atoms with van der Waals surface area (Å²) in [5.41, 5.74) is 0.167. The number of aromatic nitrogens is 2. The second-order valence-corrected chi connectivity index (χ2v) is 6.89. The molecule has 1 aliphatic rings. The molecule has 2 heterocycles. The van der Waals surface area contributed by atoms with Gasteiger partial charge in [-0.05, 0) is 33.6 Å². The summed E-state index contributed by atoms with van der Waals surface area (Å²) in [6.07, 6.45) is 4.36. The second-order valence-electron chi connectivity index (χ2n) is 6.89. The summed E-state index contributed by atoms with van der Waals surface area (Å²) < 4.78 is 5.42. The number of hydrogen-bond acceptors (Lipinski definition) is 7. The molecule has 1 aromatic rings. The number of anilines is 1. The first-order chi connectivity index (χ1) is 11.2. The molecule has 0 radical (unpaired) electrons. The molecule has 0 aliphatic carbocycles. The van der Waals surface area contributed by atoms with Gasteiger partial charge in [0.15, 0.2) is 5.82 Å². The summed E-state index contributed by atoms with van der Waals surface area (Å²) in [6, 6.07) is 0.0867. The standard InChI is InChI=1S/C16H24N4O4.Li/c1-16(2,3)24-15(23)20-7-5-6-11(10-20)19(4)12-8-17-13(14(21)22)18-9-12;/h8-9,11H,5-7,10H2,1-4H3,(H,21,22);/q;+1/p-1. The van der Waals surface area contributed by atoms with Crippen molar-refractivity contribution < 1.29 is 38.3 Å². The van der Waals surface area contributed by atoms with Gasteiger partial charge in [-0.1, -0.05) is 0 Å². The maximum atomic E-state index is 12.2. The Bertz CT molecular complexity index is 603. The number of nitrogens with zero attached hydrogens (tertiary/aromatic N) is 4. The molecule has 132 valence electrons. The third-order valence-corrected chi connectivity index (χ3v) is 3.82. The number of likely N-dealkylation sites (tertiary alicyclic amines) is 1. The van der Waals surface area contributed by atoms with Crippen LogP contribution < -0.4 is 28.9 Å². The maximum absolute atomic E-state index is 12.2.